The van der Waals surface area contributed by atoms with E-state index in [4.69, 9.17) is 15.0 Å². The Labute approximate surface area is 124 Å². The van der Waals surface area contributed by atoms with Crippen LogP contribution in [0, 0.1) is 0 Å². The van der Waals surface area contributed by atoms with Gasteiger partial charge in [0, 0.05) is 13.2 Å². The molecule has 5 heteroatoms. The van der Waals surface area contributed by atoms with Crippen molar-refractivity contribution in [2.45, 2.75) is 43.7 Å². The number of nitrogens with zero attached hydrogens (tertiary/aromatic N) is 2. The van der Waals surface area contributed by atoms with Crippen LogP contribution in [0.25, 0.3) is 0 Å². The van der Waals surface area contributed by atoms with E-state index in [2.05, 4.69) is 17.1 Å². The van der Waals surface area contributed by atoms with Gasteiger partial charge in [-0.05, 0) is 25.3 Å². The second-order valence-corrected chi connectivity index (χ2v) is 5.90. The van der Waals surface area contributed by atoms with Crippen LogP contribution in [0.3, 0.4) is 0 Å². The molecule has 1 aromatic carbocycles. The topological polar surface area (TPSA) is 74.2 Å². The van der Waals surface area contributed by atoms with Crippen LogP contribution in [0.5, 0.6) is 0 Å². The highest BCUT2D eigenvalue weighted by atomic mass is 16.5. The van der Waals surface area contributed by atoms with Crippen LogP contribution >= 0.6 is 0 Å². The number of benzene rings is 1. The Hall–Kier alpha value is -1.72. The molecule has 3 atom stereocenters. The molecule has 0 aliphatic heterocycles. The lowest BCUT2D eigenvalue weighted by atomic mass is 9.85. The van der Waals surface area contributed by atoms with Crippen molar-refractivity contribution in [3.63, 3.8) is 0 Å². The van der Waals surface area contributed by atoms with Crippen LogP contribution in [0.1, 0.15) is 49.6 Å². The van der Waals surface area contributed by atoms with E-state index in [9.17, 15) is 0 Å². The fourth-order valence-corrected chi connectivity index (χ4v) is 3.05. The van der Waals surface area contributed by atoms with Gasteiger partial charge < -0.3 is 15.0 Å². The van der Waals surface area contributed by atoms with E-state index in [0.29, 0.717) is 11.7 Å². The summed E-state index contributed by atoms with van der Waals surface area (Å²) in [7, 11) is 1.65. The van der Waals surface area contributed by atoms with Crippen molar-refractivity contribution < 1.29 is 9.26 Å². The van der Waals surface area contributed by atoms with Gasteiger partial charge in [0.15, 0.2) is 0 Å². The summed E-state index contributed by atoms with van der Waals surface area (Å²) < 4.78 is 11.0. The molecule has 0 amide bonds. The summed E-state index contributed by atoms with van der Waals surface area (Å²) in [4.78, 5) is 4.58. The monoisotopic (exact) mass is 287 g/mol. The Balaban J connectivity index is 1.90. The standard InChI is InChI=1S/C16H21N3O2/c1-16(10-6-9-12(16)17)15-18-14(19-21-15)13(20-2)11-7-4-3-5-8-11/h3-5,7-8,12-13H,6,9-10,17H2,1-2H3. The molecular weight excluding hydrogens is 266 g/mol. The molecular formula is C16H21N3O2. The van der Waals surface area contributed by atoms with Gasteiger partial charge >= 0.3 is 0 Å². The molecule has 3 unspecified atom stereocenters. The lowest BCUT2D eigenvalue weighted by Gasteiger charge is -2.23. The van der Waals surface area contributed by atoms with Crippen LogP contribution in [-0.2, 0) is 10.2 Å². The van der Waals surface area contributed by atoms with Gasteiger partial charge in [-0.1, -0.05) is 41.9 Å². The van der Waals surface area contributed by atoms with Crippen molar-refractivity contribution >= 4 is 0 Å². The molecule has 1 fully saturated rings. The Bertz CT molecular complexity index is 599. The molecule has 1 aliphatic rings. The minimum atomic E-state index is -0.315. The number of nitrogens with two attached hydrogens (primary N) is 1. The van der Waals surface area contributed by atoms with Gasteiger partial charge in [0.05, 0.1) is 5.41 Å². The number of hydrogen-bond acceptors (Lipinski definition) is 5. The molecule has 0 radical (unpaired) electrons. The summed E-state index contributed by atoms with van der Waals surface area (Å²) >= 11 is 0. The summed E-state index contributed by atoms with van der Waals surface area (Å²) in [5.41, 5.74) is 7.00. The molecule has 1 saturated carbocycles. The summed E-state index contributed by atoms with van der Waals surface area (Å²) in [6, 6.07) is 9.97. The van der Waals surface area contributed by atoms with Crippen LogP contribution in [0.4, 0.5) is 0 Å². The van der Waals surface area contributed by atoms with Crippen molar-refractivity contribution in [2.75, 3.05) is 7.11 Å². The summed E-state index contributed by atoms with van der Waals surface area (Å²) in [6.45, 7) is 2.10. The van der Waals surface area contributed by atoms with Crippen molar-refractivity contribution in [2.24, 2.45) is 5.73 Å². The zero-order chi connectivity index (χ0) is 14.9. The molecule has 1 heterocycles. The molecule has 0 saturated heterocycles. The average Bonchev–Trinajstić information content (AvgIpc) is 3.10. The molecule has 112 valence electrons. The minimum Gasteiger partial charge on any atom is -0.369 e. The number of ether oxygens (including phenoxy) is 1. The van der Waals surface area contributed by atoms with E-state index < -0.39 is 0 Å². The van der Waals surface area contributed by atoms with E-state index in [1.165, 1.54) is 0 Å². The van der Waals surface area contributed by atoms with Crippen molar-refractivity contribution in [1.29, 1.82) is 0 Å². The largest absolute Gasteiger partial charge is 0.369 e. The first-order valence-electron chi connectivity index (χ1n) is 7.32. The number of rotatable bonds is 4. The van der Waals surface area contributed by atoms with Crippen LogP contribution < -0.4 is 5.73 Å². The predicted octanol–water partition coefficient (Wildman–Crippen LogP) is 2.57. The number of aromatic nitrogens is 2. The molecule has 1 aromatic heterocycles. The summed E-state index contributed by atoms with van der Waals surface area (Å²) in [5, 5.41) is 4.12. The van der Waals surface area contributed by atoms with Crippen molar-refractivity contribution in [1.82, 2.24) is 10.1 Å². The first kappa shape index (κ1) is 14.2. The van der Waals surface area contributed by atoms with Gasteiger partial charge in [0.2, 0.25) is 11.7 Å². The SMILES string of the molecule is COC(c1ccccc1)c1noc(C2(C)CCCC2N)n1. The van der Waals surface area contributed by atoms with Gasteiger partial charge in [-0.25, -0.2) is 0 Å². The molecule has 2 N–H and O–H groups in total. The van der Waals surface area contributed by atoms with E-state index >= 15 is 0 Å². The number of methoxy groups -OCH3 is 1. The second kappa shape index (κ2) is 5.58. The summed E-state index contributed by atoms with van der Waals surface area (Å²) in [5.74, 6) is 1.18. The van der Waals surface area contributed by atoms with Gasteiger partial charge in [0.25, 0.3) is 0 Å². The molecule has 0 spiro atoms. The van der Waals surface area contributed by atoms with Crippen LogP contribution in [-0.4, -0.2) is 23.3 Å². The molecule has 3 rings (SSSR count). The lowest BCUT2D eigenvalue weighted by Crippen LogP contribution is -2.38. The van der Waals surface area contributed by atoms with E-state index in [1.54, 1.807) is 7.11 Å². The van der Waals surface area contributed by atoms with Crippen LogP contribution in [0.15, 0.2) is 34.9 Å². The van der Waals surface area contributed by atoms with Crippen molar-refractivity contribution in [3.05, 3.63) is 47.6 Å². The third kappa shape index (κ3) is 2.47. The molecule has 1 aliphatic carbocycles. The first-order chi connectivity index (χ1) is 10.1. The molecule has 2 aromatic rings. The zero-order valence-corrected chi connectivity index (χ0v) is 12.5. The fourth-order valence-electron chi connectivity index (χ4n) is 3.05. The average molecular weight is 287 g/mol. The number of hydrogen-bond donors (Lipinski definition) is 1. The fraction of sp³-hybridized carbons (Fsp3) is 0.500. The molecule has 0 bridgehead atoms. The zero-order valence-electron chi connectivity index (χ0n) is 12.5. The van der Waals surface area contributed by atoms with E-state index in [0.717, 1.165) is 24.8 Å². The highest BCUT2D eigenvalue weighted by Gasteiger charge is 2.43. The second-order valence-electron chi connectivity index (χ2n) is 5.90. The Morgan fingerprint density at radius 3 is 2.76 bits per heavy atom. The normalized spacial score (nSPS) is 26.9. The Kier molecular flexibility index (Phi) is 3.78. The third-order valence-electron chi connectivity index (χ3n) is 4.53. The third-order valence-corrected chi connectivity index (χ3v) is 4.53. The first-order valence-corrected chi connectivity index (χ1v) is 7.32. The van der Waals surface area contributed by atoms with E-state index in [1.807, 2.05) is 30.3 Å². The summed E-state index contributed by atoms with van der Waals surface area (Å²) in [6.07, 6.45) is 2.77. The van der Waals surface area contributed by atoms with Crippen LogP contribution in [0.2, 0.25) is 0 Å². The van der Waals surface area contributed by atoms with Gasteiger partial charge in [-0.2, -0.15) is 4.98 Å². The predicted molar refractivity (Wildman–Crippen MR) is 78.8 cm³/mol. The van der Waals surface area contributed by atoms with Gasteiger partial charge in [0.1, 0.15) is 6.10 Å². The highest BCUT2D eigenvalue weighted by Crippen LogP contribution is 2.39. The van der Waals surface area contributed by atoms with Gasteiger partial charge in [-0.3, -0.25) is 0 Å². The Morgan fingerprint density at radius 2 is 2.14 bits per heavy atom. The minimum absolute atomic E-state index is 0.0727. The maximum atomic E-state index is 6.22. The maximum Gasteiger partial charge on any atom is 0.234 e. The highest BCUT2D eigenvalue weighted by molar-refractivity contribution is 5.23. The quantitative estimate of drug-likeness (QED) is 0.935. The Morgan fingerprint density at radius 1 is 1.38 bits per heavy atom. The smallest absolute Gasteiger partial charge is 0.234 e. The van der Waals surface area contributed by atoms with Gasteiger partial charge in [-0.15, -0.1) is 0 Å². The lowest BCUT2D eigenvalue weighted by molar-refractivity contribution is 0.126. The molecule has 5 nitrogen and oxygen atoms in total. The van der Waals surface area contributed by atoms with Crippen molar-refractivity contribution in [3.8, 4) is 0 Å². The maximum absolute atomic E-state index is 6.22. The molecule has 21 heavy (non-hydrogen) atoms. The van der Waals surface area contributed by atoms with E-state index in [-0.39, 0.29) is 17.6 Å².